The normalized spacial score (nSPS) is 12.4. The van der Waals surface area contributed by atoms with Crippen molar-refractivity contribution in [3.8, 4) is 0 Å². The third kappa shape index (κ3) is 4.97. The van der Waals surface area contributed by atoms with Gasteiger partial charge in [0.15, 0.2) is 0 Å². The number of rotatable bonds is 7. The predicted molar refractivity (Wildman–Crippen MR) is 67.2 cm³/mol. The first-order chi connectivity index (χ1) is 8.15. The maximum atomic E-state index is 11.3. The van der Waals surface area contributed by atoms with Gasteiger partial charge in [-0.2, -0.15) is 0 Å². The Kier molecular flexibility index (Phi) is 5.65. The highest BCUT2D eigenvalue weighted by atomic mass is 16.5. The number of nitrogens with two attached hydrogens (primary N) is 1. The van der Waals surface area contributed by atoms with Gasteiger partial charge in [0, 0.05) is 32.2 Å². The van der Waals surface area contributed by atoms with Crippen LogP contribution in [0.2, 0.25) is 0 Å². The quantitative estimate of drug-likeness (QED) is 0.629. The van der Waals surface area contributed by atoms with Crippen molar-refractivity contribution in [3.05, 3.63) is 22.2 Å². The number of aromatic nitrogens is 2. The molecule has 0 saturated heterocycles. The van der Waals surface area contributed by atoms with Crippen LogP contribution in [0.1, 0.15) is 19.2 Å². The number of hydrogen-bond acceptors (Lipinski definition) is 5. The van der Waals surface area contributed by atoms with E-state index in [0.717, 1.165) is 6.42 Å². The maximum Gasteiger partial charge on any atom is 0.252 e. The van der Waals surface area contributed by atoms with E-state index in [1.54, 1.807) is 7.11 Å². The fourth-order valence-corrected chi connectivity index (χ4v) is 1.45. The molecule has 17 heavy (non-hydrogen) atoms. The van der Waals surface area contributed by atoms with Crippen LogP contribution in [0.5, 0.6) is 0 Å². The molecule has 96 valence electrons. The average Bonchev–Trinajstić information content (AvgIpc) is 2.28. The van der Waals surface area contributed by atoms with Crippen LogP contribution in [0.15, 0.2) is 10.9 Å². The van der Waals surface area contributed by atoms with Gasteiger partial charge in [-0.25, -0.2) is 4.98 Å². The van der Waals surface area contributed by atoms with Crippen molar-refractivity contribution >= 4 is 5.82 Å². The van der Waals surface area contributed by atoms with Crippen molar-refractivity contribution in [2.75, 3.05) is 25.6 Å². The van der Waals surface area contributed by atoms with E-state index < -0.39 is 0 Å². The zero-order valence-electron chi connectivity index (χ0n) is 10.3. The van der Waals surface area contributed by atoms with Crippen LogP contribution >= 0.6 is 0 Å². The Morgan fingerprint density at radius 1 is 1.65 bits per heavy atom. The molecule has 1 rings (SSSR count). The fraction of sp³-hybridized carbons (Fsp3) is 0.636. The molecular formula is C11H20N4O2. The van der Waals surface area contributed by atoms with Gasteiger partial charge in [-0.05, 0) is 6.42 Å². The number of hydrogen-bond donors (Lipinski definition) is 3. The minimum absolute atomic E-state index is 0.000132. The SMILES string of the molecule is CCc1nc(NCCC(N)COC)cc(=O)[nH]1. The molecule has 1 unspecified atom stereocenters. The highest BCUT2D eigenvalue weighted by Crippen LogP contribution is 2.00. The first kappa shape index (κ1) is 13.7. The van der Waals surface area contributed by atoms with Crippen LogP contribution in [-0.4, -0.2) is 36.3 Å². The lowest BCUT2D eigenvalue weighted by atomic mass is 10.2. The van der Waals surface area contributed by atoms with Crippen LogP contribution in [0.4, 0.5) is 5.82 Å². The number of nitrogens with zero attached hydrogens (tertiary/aromatic N) is 1. The molecule has 0 aliphatic rings. The third-order valence-electron chi connectivity index (χ3n) is 2.33. The maximum absolute atomic E-state index is 11.3. The van der Waals surface area contributed by atoms with Gasteiger partial charge in [-0.15, -0.1) is 0 Å². The molecule has 0 spiro atoms. The highest BCUT2D eigenvalue weighted by Gasteiger charge is 2.03. The summed E-state index contributed by atoms with van der Waals surface area (Å²) in [6.45, 7) is 3.14. The highest BCUT2D eigenvalue weighted by molar-refractivity contribution is 5.32. The van der Waals surface area contributed by atoms with Gasteiger partial charge in [0.05, 0.1) is 6.61 Å². The summed E-state index contributed by atoms with van der Waals surface area (Å²) in [6.07, 6.45) is 1.47. The molecule has 0 amide bonds. The lowest BCUT2D eigenvalue weighted by Crippen LogP contribution is -2.28. The molecule has 0 aliphatic carbocycles. The number of H-pyrrole nitrogens is 1. The molecule has 6 nitrogen and oxygen atoms in total. The predicted octanol–water partition coefficient (Wildman–Crippen LogP) is 0.108. The van der Waals surface area contributed by atoms with Gasteiger partial charge in [-0.3, -0.25) is 4.79 Å². The summed E-state index contributed by atoms with van der Waals surface area (Å²) in [4.78, 5) is 18.2. The van der Waals surface area contributed by atoms with E-state index in [0.29, 0.717) is 31.2 Å². The molecule has 4 N–H and O–H groups in total. The first-order valence-electron chi connectivity index (χ1n) is 5.74. The van der Waals surface area contributed by atoms with Crippen molar-refractivity contribution < 1.29 is 4.74 Å². The summed E-state index contributed by atoms with van der Waals surface area (Å²) in [5, 5.41) is 3.08. The molecule has 0 aliphatic heterocycles. The van der Waals surface area contributed by atoms with Crippen molar-refractivity contribution in [2.24, 2.45) is 5.73 Å². The van der Waals surface area contributed by atoms with Gasteiger partial charge in [0.1, 0.15) is 11.6 Å². The number of aromatic amines is 1. The van der Waals surface area contributed by atoms with Crippen molar-refractivity contribution in [1.29, 1.82) is 0 Å². The lowest BCUT2D eigenvalue weighted by molar-refractivity contribution is 0.178. The molecule has 1 aromatic rings. The minimum atomic E-state index is -0.138. The monoisotopic (exact) mass is 240 g/mol. The Balaban J connectivity index is 2.46. The van der Waals surface area contributed by atoms with Crippen LogP contribution in [0.3, 0.4) is 0 Å². The van der Waals surface area contributed by atoms with Crippen LogP contribution in [0.25, 0.3) is 0 Å². The molecule has 0 fully saturated rings. The Hall–Kier alpha value is -1.40. The number of methoxy groups -OCH3 is 1. The van der Waals surface area contributed by atoms with E-state index in [-0.39, 0.29) is 11.6 Å². The van der Waals surface area contributed by atoms with Gasteiger partial charge in [0.25, 0.3) is 5.56 Å². The number of ether oxygens (including phenoxy) is 1. The Labute approximate surface area is 101 Å². The summed E-state index contributed by atoms with van der Waals surface area (Å²) >= 11 is 0. The molecule has 0 aromatic carbocycles. The van der Waals surface area contributed by atoms with Crippen LogP contribution < -0.4 is 16.6 Å². The van der Waals surface area contributed by atoms with Crippen LogP contribution in [0, 0.1) is 0 Å². The van der Waals surface area contributed by atoms with E-state index in [1.165, 1.54) is 6.07 Å². The first-order valence-corrected chi connectivity index (χ1v) is 5.74. The summed E-state index contributed by atoms with van der Waals surface area (Å²) in [7, 11) is 1.62. The fourth-order valence-electron chi connectivity index (χ4n) is 1.45. The van der Waals surface area contributed by atoms with Gasteiger partial charge >= 0.3 is 0 Å². The van der Waals surface area contributed by atoms with E-state index in [4.69, 9.17) is 10.5 Å². The lowest BCUT2D eigenvalue weighted by Gasteiger charge is -2.11. The van der Waals surface area contributed by atoms with Crippen molar-refractivity contribution in [2.45, 2.75) is 25.8 Å². The molecule has 0 radical (unpaired) electrons. The Morgan fingerprint density at radius 2 is 2.41 bits per heavy atom. The second kappa shape index (κ2) is 7.03. The molecule has 0 saturated carbocycles. The smallest absolute Gasteiger partial charge is 0.252 e. The number of nitrogens with one attached hydrogen (secondary N) is 2. The van der Waals surface area contributed by atoms with E-state index >= 15 is 0 Å². The summed E-state index contributed by atoms with van der Waals surface area (Å²) < 4.78 is 4.94. The topological polar surface area (TPSA) is 93.0 Å². The summed E-state index contributed by atoms with van der Waals surface area (Å²) in [6, 6.07) is 1.45. The van der Waals surface area contributed by atoms with Gasteiger partial charge in [-0.1, -0.05) is 6.92 Å². The zero-order chi connectivity index (χ0) is 12.7. The number of anilines is 1. The molecule has 6 heteroatoms. The van der Waals surface area contributed by atoms with Crippen molar-refractivity contribution in [3.63, 3.8) is 0 Å². The molecule has 1 heterocycles. The van der Waals surface area contributed by atoms with E-state index in [1.807, 2.05) is 6.92 Å². The summed E-state index contributed by atoms with van der Waals surface area (Å²) in [5.41, 5.74) is 5.64. The third-order valence-corrected chi connectivity index (χ3v) is 2.33. The second-order valence-electron chi connectivity index (χ2n) is 3.86. The minimum Gasteiger partial charge on any atom is -0.383 e. The van der Waals surface area contributed by atoms with E-state index in [2.05, 4.69) is 15.3 Å². The Bertz CT molecular complexity index is 391. The van der Waals surface area contributed by atoms with E-state index in [9.17, 15) is 4.79 Å². The zero-order valence-corrected chi connectivity index (χ0v) is 10.3. The molecule has 0 bridgehead atoms. The Morgan fingerprint density at radius 3 is 3.06 bits per heavy atom. The standard InChI is InChI=1S/C11H20N4O2/c1-3-9-14-10(6-11(16)15-9)13-5-4-8(12)7-17-2/h6,8H,3-5,7,12H2,1-2H3,(H2,13,14,15,16). The second-order valence-corrected chi connectivity index (χ2v) is 3.86. The van der Waals surface area contributed by atoms with Gasteiger partial charge in [0.2, 0.25) is 0 Å². The average molecular weight is 240 g/mol. The van der Waals surface area contributed by atoms with Crippen LogP contribution in [-0.2, 0) is 11.2 Å². The summed E-state index contributed by atoms with van der Waals surface area (Å²) in [5.74, 6) is 1.27. The molecule has 1 aromatic heterocycles. The molecule has 1 atom stereocenters. The largest absolute Gasteiger partial charge is 0.383 e. The van der Waals surface area contributed by atoms with Crippen molar-refractivity contribution in [1.82, 2.24) is 9.97 Å². The number of aryl methyl sites for hydroxylation is 1. The van der Waals surface area contributed by atoms with Gasteiger partial charge < -0.3 is 20.8 Å². The molecular weight excluding hydrogens is 220 g/mol.